The van der Waals surface area contributed by atoms with Gasteiger partial charge < -0.3 is 15.0 Å². The zero-order valence-electron chi connectivity index (χ0n) is 15.1. The number of ether oxygens (including phenoxy) is 1. The summed E-state index contributed by atoms with van der Waals surface area (Å²) in [5.41, 5.74) is 1.24. The van der Waals surface area contributed by atoms with Crippen LogP contribution in [0.4, 0.5) is 11.6 Å². The minimum absolute atomic E-state index is 0.452. The first-order valence-corrected chi connectivity index (χ1v) is 8.61. The summed E-state index contributed by atoms with van der Waals surface area (Å²) in [5, 5.41) is 3.54. The molecule has 1 N–H and O–H groups in total. The lowest BCUT2D eigenvalue weighted by Gasteiger charge is -2.32. The third kappa shape index (κ3) is 4.79. The quantitative estimate of drug-likeness (QED) is 0.861. The van der Waals surface area contributed by atoms with Crippen molar-refractivity contribution < 1.29 is 4.74 Å². The molecule has 1 aliphatic rings. The molecule has 1 aliphatic heterocycles. The van der Waals surface area contributed by atoms with E-state index in [4.69, 9.17) is 4.74 Å². The molecule has 0 amide bonds. The number of methoxy groups -OCH3 is 1. The topological polar surface area (TPSA) is 66.4 Å². The van der Waals surface area contributed by atoms with E-state index in [0.717, 1.165) is 44.1 Å². The van der Waals surface area contributed by atoms with Gasteiger partial charge in [-0.25, -0.2) is 15.0 Å². The number of pyridine rings is 1. The Hall–Kier alpha value is -2.41. The van der Waals surface area contributed by atoms with Crippen molar-refractivity contribution in [1.29, 1.82) is 0 Å². The second kappa shape index (κ2) is 8.11. The van der Waals surface area contributed by atoms with Crippen LogP contribution in [0.25, 0.3) is 0 Å². The molecule has 0 spiro atoms. The molecule has 0 radical (unpaired) electrons. The second-order valence-electron chi connectivity index (χ2n) is 6.56. The van der Waals surface area contributed by atoms with Gasteiger partial charge in [-0.2, -0.15) is 0 Å². The molecule has 134 valence electrons. The standard InChI is InChI=1S/C18H26N6O/c1-23(2)17-11-16(20-13-21-17)22-15-5-8-24(9-6-15)12-14-4-7-19-18(10-14)25-3/h4,7,10-11,13,15H,5-6,8-9,12H2,1-3H3,(H,20,21,22). The molecule has 2 aromatic rings. The summed E-state index contributed by atoms with van der Waals surface area (Å²) < 4.78 is 5.20. The van der Waals surface area contributed by atoms with Crippen molar-refractivity contribution in [2.24, 2.45) is 0 Å². The van der Waals surface area contributed by atoms with Crippen LogP contribution in [0.3, 0.4) is 0 Å². The number of aromatic nitrogens is 3. The molecular formula is C18H26N6O. The van der Waals surface area contributed by atoms with Crippen LogP contribution in [0.15, 0.2) is 30.7 Å². The Kier molecular flexibility index (Phi) is 5.65. The predicted molar refractivity (Wildman–Crippen MR) is 99.1 cm³/mol. The van der Waals surface area contributed by atoms with Gasteiger partial charge in [-0.3, -0.25) is 4.90 Å². The highest BCUT2D eigenvalue weighted by atomic mass is 16.5. The van der Waals surface area contributed by atoms with Crippen LogP contribution in [0.1, 0.15) is 18.4 Å². The summed E-state index contributed by atoms with van der Waals surface area (Å²) in [6.45, 7) is 3.06. The van der Waals surface area contributed by atoms with E-state index in [1.165, 1.54) is 5.56 Å². The van der Waals surface area contributed by atoms with E-state index >= 15 is 0 Å². The van der Waals surface area contributed by atoms with E-state index in [1.54, 1.807) is 19.6 Å². The molecule has 3 heterocycles. The van der Waals surface area contributed by atoms with E-state index in [2.05, 4.69) is 31.2 Å². The van der Waals surface area contributed by atoms with Gasteiger partial charge in [0.15, 0.2) is 0 Å². The Morgan fingerprint density at radius 2 is 2.00 bits per heavy atom. The van der Waals surface area contributed by atoms with E-state index in [-0.39, 0.29) is 0 Å². The van der Waals surface area contributed by atoms with Gasteiger partial charge in [-0.05, 0) is 24.5 Å². The Morgan fingerprint density at radius 3 is 2.72 bits per heavy atom. The number of piperidine rings is 1. The Labute approximate surface area is 149 Å². The molecule has 1 saturated heterocycles. The van der Waals surface area contributed by atoms with E-state index < -0.39 is 0 Å². The molecule has 0 aliphatic carbocycles. The van der Waals surface area contributed by atoms with Crippen LogP contribution >= 0.6 is 0 Å². The smallest absolute Gasteiger partial charge is 0.213 e. The molecule has 0 unspecified atom stereocenters. The average molecular weight is 342 g/mol. The van der Waals surface area contributed by atoms with Gasteiger partial charge in [0.2, 0.25) is 5.88 Å². The minimum atomic E-state index is 0.452. The maximum atomic E-state index is 5.20. The monoisotopic (exact) mass is 342 g/mol. The first-order valence-electron chi connectivity index (χ1n) is 8.61. The van der Waals surface area contributed by atoms with Gasteiger partial charge in [0.25, 0.3) is 0 Å². The Bertz CT molecular complexity index is 685. The SMILES string of the molecule is COc1cc(CN2CCC(Nc3cc(N(C)C)ncn3)CC2)ccn1. The molecule has 0 saturated carbocycles. The lowest BCUT2D eigenvalue weighted by atomic mass is 10.0. The Morgan fingerprint density at radius 1 is 1.20 bits per heavy atom. The fourth-order valence-electron chi connectivity index (χ4n) is 3.03. The van der Waals surface area contributed by atoms with Gasteiger partial charge in [-0.1, -0.05) is 0 Å². The molecular weight excluding hydrogens is 316 g/mol. The van der Waals surface area contributed by atoms with Gasteiger partial charge in [0.05, 0.1) is 7.11 Å². The number of nitrogens with one attached hydrogen (secondary N) is 1. The minimum Gasteiger partial charge on any atom is -0.481 e. The number of hydrogen-bond acceptors (Lipinski definition) is 7. The van der Waals surface area contributed by atoms with Crippen LogP contribution in [-0.2, 0) is 6.54 Å². The predicted octanol–water partition coefficient (Wildman–Crippen LogP) is 2.02. The van der Waals surface area contributed by atoms with Gasteiger partial charge in [-0.15, -0.1) is 0 Å². The summed E-state index contributed by atoms with van der Waals surface area (Å²) in [5.74, 6) is 2.49. The molecule has 2 aromatic heterocycles. The summed E-state index contributed by atoms with van der Waals surface area (Å²) >= 11 is 0. The zero-order valence-corrected chi connectivity index (χ0v) is 15.1. The average Bonchev–Trinajstić information content (AvgIpc) is 2.64. The number of hydrogen-bond donors (Lipinski definition) is 1. The summed E-state index contributed by atoms with van der Waals surface area (Å²) in [6.07, 6.45) is 5.62. The normalized spacial score (nSPS) is 15.8. The fraction of sp³-hybridized carbons (Fsp3) is 0.500. The lowest BCUT2D eigenvalue weighted by molar-refractivity contribution is 0.211. The van der Waals surface area contributed by atoms with Crippen LogP contribution in [0.5, 0.6) is 5.88 Å². The molecule has 3 rings (SSSR count). The number of anilines is 2. The maximum Gasteiger partial charge on any atom is 0.213 e. The molecule has 7 heteroatoms. The van der Waals surface area contributed by atoms with Crippen LogP contribution < -0.4 is 15.0 Å². The number of rotatable bonds is 6. The number of likely N-dealkylation sites (tertiary alicyclic amines) is 1. The van der Waals surface area contributed by atoms with Crippen LogP contribution in [0.2, 0.25) is 0 Å². The first-order chi connectivity index (χ1) is 12.1. The third-order valence-corrected chi connectivity index (χ3v) is 4.47. The highest BCUT2D eigenvalue weighted by Crippen LogP contribution is 2.19. The van der Waals surface area contributed by atoms with E-state index in [0.29, 0.717) is 11.9 Å². The van der Waals surface area contributed by atoms with Gasteiger partial charge >= 0.3 is 0 Å². The summed E-state index contributed by atoms with van der Waals surface area (Å²) in [6, 6.07) is 6.51. The molecule has 25 heavy (non-hydrogen) atoms. The van der Waals surface area contributed by atoms with Gasteiger partial charge in [0.1, 0.15) is 18.0 Å². The Balaban J connectivity index is 1.51. The van der Waals surface area contributed by atoms with Gasteiger partial charge in [0, 0.05) is 58.1 Å². The highest BCUT2D eigenvalue weighted by molar-refractivity contribution is 5.47. The molecule has 0 atom stereocenters. The summed E-state index contributed by atoms with van der Waals surface area (Å²) in [4.78, 5) is 17.2. The van der Waals surface area contributed by atoms with Crippen molar-refractivity contribution in [3.05, 3.63) is 36.3 Å². The van der Waals surface area contributed by atoms with Crippen molar-refractivity contribution in [2.75, 3.05) is 44.5 Å². The molecule has 0 aromatic carbocycles. The van der Waals surface area contributed by atoms with Crippen LogP contribution in [-0.4, -0.2) is 60.2 Å². The highest BCUT2D eigenvalue weighted by Gasteiger charge is 2.19. The van der Waals surface area contributed by atoms with Crippen molar-refractivity contribution >= 4 is 11.6 Å². The molecule has 0 bridgehead atoms. The van der Waals surface area contributed by atoms with E-state index in [9.17, 15) is 0 Å². The fourth-order valence-corrected chi connectivity index (χ4v) is 3.03. The molecule has 7 nitrogen and oxygen atoms in total. The van der Waals surface area contributed by atoms with Crippen molar-refractivity contribution in [1.82, 2.24) is 19.9 Å². The largest absolute Gasteiger partial charge is 0.481 e. The van der Waals surface area contributed by atoms with Crippen LogP contribution in [0, 0.1) is 0 Å². The van der Waals surface area contributed by atoms with Crippen molar-refractivity contribution in [3.63, 3.8) is 0 Å². The first kappa shape index (κ1) is 17.4. The maximum absolute atomic E-state index is 5.20. The third-order valence-electron chi connectivity index (χ3n) is 4.47. The van der Waals surface area contributed by atoms with Crippen molar-refractivity contribution in [3.8, 4) is 5.88 Å². The molecule has 1 fully saturated rings. The number of nitrogens with zero attached hydrogens (tertiary/aromatic N) is 5. The van der Waals surface area contributed by atoms with E-state index in [1.807, 2.05) is 31.1 Å². The summed E-state index contributed by atoms with van der Waals surface area (Å²) in [7, 11) is 5.62. The zero-order chi connectivity index (χ0) is 17.6. The lowest BCUT2D eigenvalue weighted by Crippen LogP contribution is -2.38. The van der Waals surface area contributed by atoms with Crippen molar-refractivity contribution in [2.45, 2.75) is 25.4 Å². The second-order valence-corrected chi connectivity index (χ2v) is 6.56.